The van der Waals surface area contributed by atoms with Crippen molar-refractivity contribution in [2.75, 3.05) is 6.54 Å². The van der Waals surface area contributed by atoms with E-state index in [-0.39, 0.29) is 6.04 Å². The van der Waals surface area contributed by atoms with E-state index in [2.05, 4.69) is 41.8 Å². The van der Waals surface area contributed by atoms with Crippen molar-refractivity contribution in [2.24, 2.45) is 7.05 Å². The minimum atomic E-state index is 0.233. The van der Waals surface area contributed by atoms with Crippen molar-refractivity contribution in [1.82, 2.24) is 15.1 Å². The van der Waals surface area contributed by atoms with E-state index >= 15 is 0 Å². The van der Waals surface area contributed by atoms with Crippen LogP contribution in [0.25, 0.3) is 0 Å². The lowest BCUT2D eigenvalue weighted by Gasteiger charge is -2.16. The first-order chi connectivity index (χ1) is 8.22. The van der Waals surface area contributed by atoms with Crippen molar-refractivity contribution in [3.63, 3.8) is 0 Å². The lowest BCUT2D eigenvalue weighted by molar-refractivity contribution is 0.580. The maximum atomic E-state index is 4.52. The molecular weight excluding hydrogens is 230 g/mol. The van der Waals surface area contributed by atoms with Crippen LogP contribution in [0.5, 0.6) is 0 Å². The molecular formula is C13H19N3S. The van der Waals surface area contributed by atoms with Crippen LogP contribution < -0.4 is 5.32 Å². The van der Waals surface area contributed by atoms with Gasteiger partial charge in [-0.05, 0) is 43.0 Å². The molecule has 0 saturated heterocycles. The van der Waals surface area contributed by atoms with Gasteiger partial charge in [-0.15, -0.1) is 11.3 Å². The van der Waals surface area contributed by atoms with Crippen LogP contribution in [-0.2, 0) is 7.05 Å². The zero-order valence-corrected chi connectivity index (χ0v) is 11.4. The van der Waals surface area contributed by atoms with Crippen molar-refractivity contribution in [3.05, 3.63) is 39.8 Å². The quantitative estimate of drug-likeness (QED) is 0.883. The van der Waals surface area contributed by atoms with Gasteiger partial charge in [0.2, 0.25) is 0 Å². The fourth-order valence-electron chi connectivity index (χ4n) is 1.89. The van der Waals surface area contributed by atoms with Crippen LogP contribution in [0.2, 0.25) is 0 Å². The summed E-state index contributed by atoms with van der Waals surface area (Å²) in [5.74, 6) is 0. The van der Waals surface area contributed by atoms with Gasteiger partial charge in [0.05, 0.1) is 11.7 Å². The van der Waals surface area contributed by atoms with Crippen LogP contribution in [0.1, 0.15) is 35.5 Å². The summed E-state index contributed by atoms with van der Waals surface area (Å²) in [6.07, 6.45) is 3.13. The molecule has 2 aromatic heterocycles. The van der Waals surface area contributed by atoms with E-state index in [0.717, 1.165) is 18.7 Å². The minimum absolute atomic E-state index is 0.233. The number of nitrogens with one attached hydrogen (secondary N) is 1. The highest BCUT2D eigenvalue weighted by atomic mass is 32.1. The molecule has 4 heteroatoms. The van der Waals surface area contributed by atoms with Crippen molar-refractivity contribution in [3.8, 4) is 0 Å². The summed E-state index contributed by atoms with van der Waals surface area (Å²) in [6.45, 7) is 5.36. The van der Waals surface area contributed by atoms with Crippen LogP contribution in [-0.4, -0.2) is 16.3 Å². The fourth-order valence-corrected chi connectivity index (χ4v) is 2.90. The van der Waals surface area contributed by atoms with Gasteiger partial charge in [0, 0.05) is 18.1 Å². The highest BCUT2D eigenvalue weighted by Crippen LogP contribution is 2.28. The first kappa shape index (κ1) is 12.3. The minimum Gasteiger partial charge on any atom is -0.304 e. The largest absolute Gasteiger partial charge is 0.304 e. The average Bonchev–Trinajstić information content (AvgIpc) is 2.90. The molecule has 1 atom stereocenters. The Morgan fingerprint density at radius 3 is 2.82 bits per heavy atom. The molecule has 17 heavy (non-hydrogen) atoms. The van der Waals surface area contributed by atoms with E-state index < -0.39 is 0 Å². The van der Waals surface area contributed by atoms with Crippen molar-refractivity contribution >= 4 is 11.3 Å². The average molecular weight is 249 g/mol. The first-order valence-corrected chi connectivity index (χ1v) is 6.87. The summed E-state index contributed by atoms with van der Waals surface area (Å²) < 4.78 is 1.86. The molecule has 0 saturated carbocycles. The number of hydrogen-bond acceptors (Lipinski definition) is 3. The summed E-state index contributed by atoms with van der Waals surface area (Å²) in [4.78, 5) is 1.37. The van der Waals surface area contributed by atoms with Crippen molar-refractivity contribution in [2.45, 2.75) is 26.3 Å². The molecule has 2 aromatic rings. The van der Waals surface area contributed by atoms with E-state index in [4.69, 9.17) is 0 Å². The molecule has 0 aromatic carbocycles. The van der Waals surface area contributed by atoms with E-state index in [1.54, 1.807) is 11.3 Å². The Hall–Kier alpha value is -1.13. The maximum Gasteiger partial charge on any atom is 0.0866 e. The smallest absolute Gasteiger partial charge is 0.0866 e. The van der Waals surface area contributed by atoms with Crippen LogP contribution in [0.3, 0.4) is 0 Å². The molecule has 0 bridgehead atoms. The maximum absolute atomic E-state index is 4.52. The molecule has 0 spiro atoms. The highest BCUT2D eigenvalue weighted by molar-refractivity contribution is 7.10. The Labute approximate surface area is 106 Å². The molecule has 0 aliphatic carbocycles. The van der Waals surface area contributed by atoms with Crippen LogP contribution in [0.4, 0.5) is 0 Å². The molecule has 3 nitrogen and oxygen atoms in total. The van der Waals surface area contributed by atoms with Gasteiger partial charge < -0.3 is 5.32 Å². The van der Waals surface area contributed by atoms with E-state index in [1.165, 1.54) is 10.4 Å². The second kappa shape index (κ2) is 5.47. The van der Waals surface area contributed by atoms with Gasteiger partial charge in [-0.25, -0.2) is 0 Å². The third kappa shape index (κ3) is 2.76. The fraction of sp³-hybridized carbons (Fsp3) is 0.462. The van der Waals surface area contributed by atoms with Gasteiger partial charge in [0.1, 0.15) is 0 Å². The number of rotatable bonds is 5. The van der Waals surface area contributed by atoms with Gasteiger partial charge in [-0.2, -0.15) is 5.10 Å². The van der Waals surface area contributed by atoms with Crippen LogP contribution >= 0.6 is 11.3 Å². The molecule has 1 N–H and O–H groups in total. The zero-order chi connectivity index (χ0) is 12.3. The Kier molecular flexibility index (Phi) is 3.97. The van der Waals surface area contributed by atoms with Gasteiger partial charge >= 0.3 is 0 Å². The summed E-state index contributed by atoms with van der Waals surface area (Å²) >= 11 is 1.80. The molecule has 0 aliphatic heterocycles. The SMILES string of the molecule is CCCNC(c1ccn(C)n1)c1sccc1C. The topological polar surface area (TPSA) is 29.9 Å². The monoisotopic (exact) mass is 249 g/mol. The number of thiophene rings is 1. The summed E-state index contributed by atoms with van der Waals surface area (Å²) in [7, 11) is 1.96. The van der Waals surface area contributed by atoms with Gasteiger partial charge in [-0.1, -0.05) is 6.92 Å². The highest BCUT2D eigenvalue weighted by Gasteiger charge is 2.18. The normalized spacial score (nSPS) is 12.9. The second-order valence-electron chi connectivity index (χ2n) is 4.27. The van der Waals surface area contributed by atoms with E-state index in [1.807, 2.05) is 17.9 Å². The summed E-state index contributed by atoms with van der Waals surface area (Å²) in [6, 6.07) is 4.49. The molecule has 0 aliphatic rings. The predicted molar refractivity (Wildman–Crippen MR) is 72.4 cm³/mol. The van der Waals surface area contributed by atoms with Crippen molar-refractivity contribution in [1.29, 1.82) is 0 Å². The Morgan fingerprint density at radius 2 is 2.29 bits per heavy atom. The van der Waals surface area contributed by atoms with Crippen LogP contribution in [0, 0.1) is 6.92 Å². The second-order valence-corrected chi connectivity index (χ2v) is 5.22. The lowest BCUT2D eigenvalue weighted by Crippen LogP contribution is -2.23. The predicted octanol–water partition coefficient (Wildman–Crippen LogP) is 2.88. The molecule has 1 unspecified atom stereocenters. The molecule has 92 valence electrons. The third-order valence-corrected chi connectivity index (χ3v) is 3.88. The number of hydrogen-bond donors (Lipinski definition) is 1. The first-order valence-electron chi connectivity index (χ1n) is 5.99. The lowest BCUT2D eigenvalue weighted by atomic mass is 10.1. The standard InChI is InChI=1S/C13H19N3S/c1-4-7-14-12(11-5-8-16(3)15-11)13-10(2)6-9-17-13/h5-6,8-9,12,14H,4,7H2,1-3H3. The Balaban J connectivity index is 2.28. The number of aryl methyl sites for hydroxylation is 2. The van der Waals surface area contributed by atoms with Gasteiger partial charge in [0.15, 0.2) is 0 Å². The summed E-state index contributed by atoms with van der Waals surface area (Å²) in [5.41, 5.74) is 2.45. The number of nitrogens with zero attached hydrogens (tertiary/aromatic N) is 2. The zero-order valence-electron chi connectivity index (χ0n) is 10.6. The number of aromatic nitrogens is 2. The van der Waals surface area contributed by atoms with Gasteiger partial charge in [-0.3, -0.25) is 4.68 Å². The summed E-state index contributed by atoms with van der Waals surface area (Å²) in [5, 5.41) is 10.2. The Morgan fingerprint density at radius 1 is 1.47 bits per heavy atom. The molecule has 2 heterocycles. The molecule has 2 rings (SSSR count). The third-order valence-electron chi connectivity index (χ3n) is 2.79. The van der Waals surface area contributed by atoms with Gasteiger partial charge in [0.25, 0.3) is 0 Å². The van der Waals surface area contributed by atoms with E-state index in [0.29, 0.717) is 0 Å². The van der Waals surface area contributed by atoms with Crippen LogP contribution in [0.15, 0.2) is 23.7 Å². The Bertz CT molecular complexity index is 472. The van der Waals surface area contributed by atoms with Crippen molar-refractivity contribution < 1.29 is 0 Å². The molecule has 0 fully saturated rings. The van der Waals surface area contributed by atoms with E-state index in [9.17, 15) is 0 Å². The molecule has 0 amide bonds. The molecule has 0 radical (unpaired) electrons.